The van der Waals surface area contributed by atoms with Crippen LogP contribution in [0, 0.1) is 0 Å². The Balaban J connectivity index is 2.75. The van der Waals surface area contributed by atoms with E-state index in [4.69, 9.17) is 5.73 Å². The first-order valence-electron chi connectivity index (χ1n) is 5.07. The van der Waals surface area contributed by atoms with Crippen LogP contribution in [0.25, 0.3) is 0 Å². The molecule has 0 radical (unpaired) electrons. The lowest BCUT2D eigenvalue weighted by molar-refractivity contribution is -0.0629. The van der Waals surface area contributed by atoms with Gasteiger partial charge in [0.2, 0.25) is 0 Å². The molecule has 84 valence electrons. The van der Waals surface area contributed by atoms with Gasteiger partial charge >= 0.3 is 0 Å². The molecule has 0 aliphatic rings. The summed E-state index contributed by atoms with van der Waals surface area (Å²) in [5.74, 6) is 0.406. The van der Waals surface area contributed by atoms with Crippen molar-refractivity contribution in [2.45, 2.75) is 38.4 Å². The topological polar surface area (TPSA) is 79.4 Å². The average molecular weight is 210 g/mol. The monoisotopic (exact) mass is 210 g/mol. The van der Waals surface area contributed by atoms with Crippen molar-refractivity contribution in [2.24, 2.45) is 0 Å². The number of aliphatic hydroxyl groups is 2. The summed E-state index contributed by atoms with van der Waals surface area (Å²) >= 11 is 0. The third-order valence-electron chi connectivity index (χ3n) is 2.77. The Morgan fingerprint density at radius 2 is 2.27 bits per heavy atom. The van der Waals surface area contributed by atoms with Crippen molar-refractivity contribution in [1.29, 1.82) is 0 Å². The highest BCUT2D eigenvalue weighted by molar-refractivity contribution is 5.38. The average Bonchev–Trinajstić information content (AvgIpc) is 2.21. The Kier molecular flexibility index (Phi) is 3.66. The molecular formula is C11H18N2O2. The maximum atomic E-state index is 9.83. The molecule has 0 aromatic carbocycles. The molecule has 1 aromatic rings. The van der Waals surface area contributed by atoms with Gasteiger partial charge in [-0.05, 0) is 25.0 Å². The largest absolute Gasteiger partial charge is 0.390 e. The third-order valence-corrected chi connectivity index (χ3v) is 2.77. The van der Waals surface area contributed by atoms with Crippen molar-refractivity contribution >= 4 is 5.82 Å². The van der Waals surface area contributed by atoms with Crippen molar-refractivity contribution < 1.29 is 10.2 Å². The summed E-state index contributed by atoms with van der Waals surface area (Å²) in [6.07, 6.45) is 1.59. The summed E-state index contributed by atoms with van der Waals surface area (Å²) in [5, 5.41) is 19.7. The molecule has 0 aliphatic heterocycles. The van der Waals surface area contributed by atoms with Crippen molar-refractivity contribution in [3.8, 4) is 0 Å². The van der Waals surface area contributed by atoms with Gasteiger partial charge in [0, 0.05) is 12.6 Å². The van der Waals surface area contributed by atoms with Crippen LogP contribution in [-0.2, 0) is 6.42 Å². The van der Waals surface area contributed by atoms with Gasteiger partial charge in [0.1, 0.15) is 5.82 Å². The van der Waals surface area contributed by atoms with E-state index >= 15 is 0 Å². The second-order valence-corrected chi connectivity index (χ2v) is 3.98. The molecule has 0 saturated heterocycles. The number of hydrogen-bond acceptors (Lipinski definition) is 4. The zero-order chi connectivity index (χ0) is 11.5. The highest BCUT2D eigenvalue weighted by Crippen LogP contribution is 2.20. The molecule has 2 atom stereocenters. The molecule has 4 nitrogen and oxygen atoms in total. The number of nitrogen functional groups attached to an aromatic ring is 1. The summed E-state index contributed by atoms with van der Waals surface area (Å²) in [7, 11) is 0. The maximum Gasteiger partial charge on any atom is 0.126 e. The third kappa shape index (κ3) is 2.91. The van der Waals surface area contributed by atoms with Gasteiger partial charge in [-0.1, -0.05) is 13.0 Å². The number of nitrogens with zero attached hydrogens (tertiary/aromatic N) is 1. The second kappa shape index (κ2) is 4.59. The molecule has 0 spiro atoms. The van der Waals surface area contributed by atoms with E-state index in [0.717, 1.165) is 5.56 Å². The molecule has 15 heavy (non-hydrogen) atoms. The first kappa shape index (κ1) is 11.9. The molecule has 0 amide bonds. The van der Waals surface area contributed by atoms with Gasteiger partial charge < -0.3 is 15.9 Å². The highest BCUT2D eigenvalue weighted by Gasteiger charge is 2.28. The van der Waals surface area contributed by atoms with E-state index in [1.807, 2.05) is 6.92 Å². The minimum absolute atomic E-state index is 0.320. The summed E-state index contributed by atoms with van der Waals surface area (Å²) in [6, 6.07) is 3.57. The van der Waals surface area contributed by atoms with Gasteiger partial charge in [0.25, 0.3) is 0 Å². The van der Waals surface area contributed by atoms with E-state index in [2.05, 4.69) is 4.98 Å². The normalized spacial score (nSPS) is 17.1. The van der Waals surface area contributed by atoms with Crippen molar-refractivity contribution in [1.82, 2.24) is 4.98 Å². The van der Waals surface area contributed by atoms with Crippen molar-refractivity contribution in [2.75, 3.05) is 5.73 Å². The van der Waals surface area contributed by atoms with Gasteiger partial charge in [-0.2, -0.15) is 0 Å². The lowest BCUT2D eigenvalue weighted by atomic mass is 9.91. The minimum Gasteiger partial charge on any atom is -0.390 e. The van der Waals surface area contributed by atoms with Crippen LogP contribution in [0.3, 0.4) is 0 Å². The van der Waals surface area contributed by atoms with Gasteiger partial charge in [0.15, 0.2) is 0 Å². The fraction of sp³-hybridized carbons (Fsp3) is 0.545. The van der Waals surface area contributed by atoms with Crippen molar-refractivity contribution in [3.63, 3.8) is 0 Å². The SMILES string of the molecule is CCC(C)(O)C(O)Cc1cccnc1N. The molecular weight excluding hydrogens is 192 g/mol. The standard InChI is InChI=1S/C11H18N2O2/c1-3-11(2,15)9(14)7-8-5-4-6-13-10(8)12/h4-6,9,14-15H,3,7H2,1-2H3,(H2,12,13). The highest BCUT2D eigenvalue weighted by atomic mass is 16.3. The van der Waals surface area contributed by atoms with Crippen LogP contribution in [0.15, 0.2) is 18.3 Å². The molecule has 0 bridgehead atoms. The number of aromatic nitrogens is 1. The lowest BCUT2D eigenvalue weighted by Crippen LogP contribution is -2.40. The van der Waals surface area contributed by atoms with Crippen LogP contribution in [0.5, 0.6) is 0 Å². The zero-order valence-electron chi connectivity index (χ0n) is 9.14. The summed E-state index contributed by atoms with van der Waals surface area (Å²) in [6.45, 7) is 3.44. The van der Waals surface area contributed by atoms with E-state index in [-0.39, 0.29) is 0 Å². The fourth-order valence-corrected chi connectivity index (χ4v) is 1.29. The van der Waals surface area contributed by atoms with E-state index < -0.39 is 11.7 Å². The smallest absolute Gasteiger partial charge is 0.126 e. The Hall–Kier alpha value is -1.13. The van der Waals surface area contributed by atoms with Crippen LogP contribution < -0.4 is 5.73 Å². The van der Waals surface area contributed by atoms with Crippen LogP contribution in [0.4, 0.5) is 5.82 Å². The lowest BCUT2D eigenvalue weighted by Gasteiger charge is -2.27. The van der Waals surface area contributed by atoms with Crippen LogP contribution >= 0.6 is 0 Å². The molecule has 0 fully saturated rings. The predicted molar refractivity (Wildman–Crippen MR) is 59.3 cm³/mol. The first-order chi connectivity index (χ1) is 6.97. The fourth-order valence-electron chi connectivity index (χ4n) is 1.29. The van der Waals surface area contributed by atoms with E-state index in [1.165, 1.54) is 0 Å². The molecule has 0 aliphatic carbocycles. The van der Waals surface area contributed by atoms with E-state index in [0.29, 0.717) is 18.7 Å². The Morgan fingerprint density at radius 3 is 2.80 bits per heavy atom. The molecule has 1 aromatic heterocycles. The van der Waals surface area contributed by atoms with Crippen LogP contribution in [0.2, 0.25) is 0 Å². The molecule has 1 rings (SSSR count). The number of nitrogens with two attached hydrogens (primary N) is 1. The van der Waals surface area contributed by atoms with Gasteiger partial charge in [-0.15, -0.1) is 0 Å². The Labute approximate surface area is 89.8 Å². The van der Waals surface area contributed by atoms with E-state index in [1.54, 1.807) is 25.3 Å². The number of pyridine rings is 1. The van der Waals surface area contributed by atoms with Crippen LogP contribution in [-0.4, -0.2) is 26.9 Å². The first-order valence-corrected chi connectivity index (χ1v) is 5.07. The number of hydrogen-bond donors (Lipinski definition) is 3. The Morgan fingerprint density at radius 1 is 1.60 bits per heavy atom. The second-order valence-electron chi connectivity index (χ2n) is 3.98. The maximum absolute atomic E-state index is 9.83. The summed E-state index contributed by atoms with van der Waals surface area (Å²) < 4.78 is 0. The number of aliphatic hydroxyl groups excluding tert-OH is 1. The van der Waals surface area contributed by atoms with Gasteiger partial charge in [-0.3, -0.25) is 0 Å². The molecule has 0 saturated carbocycles. The van der Waals surface area contributed by atoms with Gasteiger partial charge in [-0.25, -0.2) is 4.98 Å². The predicted octanol–water partition coefficient (Wildman–Crippen LogP) is 0.728. The quantitative estimate of drug-likeness (QED) is 0.684. The Bertz CT molecular complexity index is 326. The molecule has 2 unspecified atom stereocenters. The summed E-state index contributed by atoms with van der Waals surface area (Å²) in [4.78, 5) is 3.93. The van der Waals surface area contributed by atoms with E-state index in [9.17, 15) is 10.2 Å². The molecule has 1 heterocycles. The van der Waals surface area contributed by atoms with Gasteiger partial charge in [0.05, 0.1) is 11.7 Å². The number of anilines is 1. The van der Waals surface area contributed by atoms with Crippen molar-refractivity contribution in [3.05, 3.63) is 23.9 Å². The molecule has 4 N–H and O–H groups in total. The molecule has 4 heteroatoms. The zero-order valence-corrected chi connectivity index (χ0v) is 9.14. The number of rotatable bonds is 4. The minimum atomic E-state index is -1.08. The van der Waals surface area contributed by atoms with Crippen LogP contribution in [0.1, 0.15) is 25.8 Å². The summed E-state index contributed by atoms with van der Waals surface area (Å²) in [5.41, 5.74) is 5.33.